The Labute approximate surface area is 170 Å². The molecule has 2 aromatic carbocycles. The largest absolute Gasteiger partial charge is 0.335 e. The second-order valence-electron chi connectivity index (χ2n) is 8.29. The van der Waals surface area contributed by atoms with Crippen molar-refractivity contribution in [1.82, 2.24) is 4.90 Å². The van der Waals surface area contributed by atoms with Gasteiger partial charge in [0, 0.05) is 29.3 Å². The third-order valence-corrected chi connectivity index (χ3v) is 8.54. The van der Waals surface area contributed by atoms with Crippen molar-refractivity contribution < 1.29 is 18.0 Å². The number of nitrogens with zero attached hydrogens (tertiary/aromatic N) is 1. The van der Waals surface area contributed by atoms with Crippen LogP contribution in [0.5, 0.6) is 0 Å². The summed E-state index contributed by atoms with van der Waals surface area (Å²) in [6.45, 7) is 0.714. The van der Waals surface area contributed by atoms with Crippen molar-refractivity contribution in [1.29, 1.82) is 0 Å². The summed E-state index contributed by atoms with van der Waals surface area (Å²) in [5.74, 6) is 0.122. The fourth-order valence-electron chi connectivity index (χ4n) is 5.26. The zero-order valence-corrected chi connectivity index (χ0v) is 17.0. The third-order valence-electron chi connectivity index (χ3n) is 6.69. The fourth-order valence-corrected chi connectivity index (χ4v) is 6.94. The van der Waals surface area contributed by atoms with Crippen LogP contribution in [0, 0.1) is 5.92 Å². The standard InChI is InChI=1S/C23H23NO4S/c25-22-17-8-2-4-10-20(17)29(27,28)21-14-16(11-12-18(21)22)23(26)24-13-5-7-15-6-1-3-9-19(15)24/h2,4,8,10-12,14-15,19H,1,3,5-7,9,13H2. The van der Waals surface area contributed by atoms with Crippen molar-refractivity contribution >= 4 is 21.5 Å². The maximum atomic E-state index is 13.3. The van der Waals surface area contributed by atoms with Crippen LogP contribution in [0.15, 0.2) is 52.3 Å². The van der Waals surface area contributed by atoms with Gasteiger partial charge in [-0.1, -0.05) is 25.0 Å². The maximum Gasteiger partial charge on any atom is 0.254 e. The summed E-state index contributed by atoms with van der Waals surface area (Å²) >= 11 is 0. The Morgan fingerprint density at radius 2 is 1.62 bits per heavy atom. The minimum Gasteiger partial charge on any atom is -0.335 e. The monoisotopic (exact) mass is 409 g/mol. The quantitative estimate of drug-likeness (QED) is 0.612. The lowest BCUT2D eigenvalue weighted by atomic mass is 9.78. The van der Waals surface area contributed by atoms with Crippen LogP contribution in [-0.4, -0.2) is 37.6 Å². The minimum atomic E-state index is -3.84. The molecule has 0 radical (unpaired) electrons. The molecular formula is C23H23NO4S. The van der Waals surface area contributed by atoms with E-state index in [2.05, 4.69) is 0 Å². The predicted octanol–water partition coefficient (Wildman–Crippen LogP) is 3.86. The molecule has 2 aromatic rings. The molecule has 0 aromatic heterocycles. The molecule has 2 aliphatic heterocycles. The molecule has 150 valence electrons. The third kappa shape index (κ3) is 2.84. The predicted molar refractivity (Wildman–Crippen MR) is 108 cm³/mol. The number of fused-ring (bicyclic) bond motifs is 3. The topological polar surface area (TPSA) is 71.5 Å². The molecule has 0 bridgehead atoms. The molecule has 1 aliphatic carbocycles. The van der Waals surface area contributed by atoms with Gasteiger partial charge in [0.05, 0.1) is 9.79 Å². The highest BCUT2D eigenvalue weighted by molar-refractivity contribution is 7.91. The minimum absolute atomic E-state index is 0.0208. The highest BCUT2D eigenvalue weighted by Gasteiger charge is 2.38. The molecule has 1 saturated heterocycles. The van der Waals surface area contributed by atoms with Gasteiger partial charge in [0.15, 0.2) is 5.78 Å². The van der Waals surface area contributed by atoms with Crippen molar-refractivity contribution in [3.63, 3.8) is 0 Å². The van der Waals surface area contributed by atoms with E-state index in [1.807, 2.05) is 4.90 Å². The SMILES string of the molecule is O=C1c2ccccc2S(=O)(=O)c2cc(C(=O)N3CCCC4CCCCC43)ccc21. The van der Waals surface area contributed by atoms with Gasteiger partial charge in [-0.15, -0.1) is 0 Å². The lowest BCUT2D eigenvalue weighted by Gasteiger charge is -2.44. The van der Waals surface area contributed by atoms with Gasteiger partial charge in [-0.25, -0.2) is 8.42 Å². The molecule has 29 heavy (non-hydrogen) atoms. The Morgan fingerprint density at radius 3 is 2.48 bits per heavy atom. The molecule has 5 rings (SSSR count). The molecule has 1 amide bonds. The number of carbonyl (C=O) groups excluding carboxylic acids is 2. The molecular weight excluding hydrogens is 386 g/mol. The van der Waals surface area contributed by atoms with Crippen LogP contribution in [0.1, 0.15) is 64.8 Å². The number of ketones is 1. The Balaban J connectivity index is 1.55. The van der Waals surface area contributed by atoms with Crippen molar-refractivity contribution in [3.05, 3.63) is 59.2 Å². The summed E-state index contributed by atoms with van der Waals surface area (Å²) < 4.78 is 26.3. The normalized spacial score (nSPS) is 25.0. The first-order chi connectivity index (χ1) is 14.0. The second kappa shape index (κ2) is 6.80. The first-order valence-electron chi connectivity index (χ1n) is 10.3. The van der Waals surface area contributed by atoms with Crippen LogP contribution in [0.25, 0.3) is 0 Å². The average molecular weight is 410 g/mol. The van der Waals surface area contributed by atoms with E-state index in [0.29, 0.717) is 18.0 Å². The maximum absolute atomic E-state index is 13.3. The van der Waals surface area contributed by atoms with Gasteiger partial charge in [-0.05, 0) is 61.9 Å². The molecule has 1 saturated carbocycles. The number of hydrogen-bond donors (Lipinski definition) is 0. The van der Waals surface area contributed by atoms with Crippen LogP contribution >= 0.6 is 0 Å². The van der Waals surface area contributed by atoms with E-state index in [4.69, 9.17) is 0 Å². The average Bonchev–Trinajstić information content (AvgIpc) is 2.76. The van der Waals surface area contributed by atoms with Crippen molar-refractivity contribution in [2.45, 2.75) is 54.4 Å². The van der Waals surface area contributed by atoms with Crippen molar-refractivity contribution in [2.24, 2.45) is 5.92 Å². The second-order valence-corrected chi connectivity index (χ2v) is 10.2. The number of carbonyl (C=O) groups is 2. The Morgan fingerprint density at radius 1 is 0.897 bits per heavy atom. The molecule has 2 heterocycles. The number of sulfone groups is 1. The highest BCUT2D eigenvalue weighted by Crippen LogP contribution is 2.38. The zero-order chi connectivity index (χ0) is 20.2. The van der Waals surface area contributed by atoms with Crippen molar-refractivity contribution in [2.75, 3.05) is 6.54 Å². The number of likely N-dealkylation sites (tertiary alicyclic amines) is 1. The van der Waals surface area contributed by atoms with Crippen LogP contribution in [0.2, 0.25) is 0 Å². The van der Waals surface area contributed by atoms with Gasteiger partial charge in [0.1, 0.15) is 0 Å². The summed E-state index contributed by atoms with van der Waals surface area (Å²) in [4.78, 5) is 28.0. The Hall–Kier alpha value is -2.47. The zero-order valence-electron chi connectivity index (χ0n) is 16.1. The molecule has 0 spiro atoms. The van der Waals surface area contributed by atoms with Gasteiger partial charge in [0.25, 0.3) is 5.91 Å². The Bertz CT molecular complexity index is 1120. The van der Waals surface area contributed by atoms with Crippen LogP contribution in [0.3, 0.4) is 0 Å². The summed E-state index contributed by atoms with van der Waals surface area (Å²) in [7, 11) is -3.84. The molecule has 2 atom stereocenters. The van der Waals surface area contributed by atoms with E-state index < -0.39 is 9.84 Å². The van der Waals surface area contributed by atoms with Crippen LogP contribution in [0.4, 0.5) is 0 Å². The smallest absolute Gasteiger partial charge is 0.254 e. The van der Waals surface area contributed by atoms with Gasteiger partial charge in [0.2, 0.25) is 9.84 Å². The first kappa shape index (κ1) is 18.6. The summed E-state index contributed by atoms with van der Waals surface area (Å²) in [5, 5.41) is 0. The number of benzene rings is 2. The van der Waals surface area contributed by atoms with E-state index in [-0.39, 0.29) is 38.7 Å². The number of amides is 1. The Kier molecular flexibility index (Phi) is 4.35. The molecule has 5 nitrogen and oxygen atoms in total. The molecule has 2 fully saturated rings. The highest BCUT2D eigenvalue weighted by atomic mass is 32.2. The van der Waals surface area contributed by atoms with E-state index in [1.165, 1.54) is 30.7 Å². The summed E-state index contributed by atoms with van der Waals surface area (Å²) in [6, 6.07) is 11.0. The van der Waals surface area contributed by atoms with E-state index in [9.17, 15) is 18.0 Å². The lowest BCUT2D eigenvalue weighted by molar-refractivity contribution is 0.0390. The summed E-state index contributed by atoms with van der Waals surface area (Å²) in [6.07, 6.45) is 6.70. The number of hydrogen-bond acceptors (Lipinski definition) is 4. The molecule has 3 aliphatic rings. The van der Waals surface area contributed by atoms with Crippen molar-refractivity contribution in [3.8, 4) is 0 Å². The van der Waals surface area contributed by atoms with Gasteiger partial charge in [-0.3, -0.25) is 9.59 Å². The van der Waals surface area contributed by atoms with Crippen LogP contribution < -0.4 is 0 Å². The van der Waals surface area contributed by atoms with E-state index in [0.717, 1.165) is 32.1 Å². The fraction of sp³-hybridized carbons (Fsp3) is 0.391. The van der Waals surface area contributed by atoms with Gasteiger partial charge >= 0.3 is 0 Å². The molecule has 0 N–H and O–H groups in total. The van der Waals surface area contributed by atoms with Gasteiger partial charge < -0.3 is 4.90 Å². The first-order valence-corrected chi connectivity index (χ1v) is 11.8. The van der Waals surface area contributed by atoms with E-state index >= 15 is 0 Å². The van der Waals surface area contributed by atoms with Crippen LogP contribution in [-0.2, 0) is 9.84 Å². The molecule has 2 unspecified atom stereocenters. The number of piperidine rings is 1. The number of rotatable bonds is 1. The molecule has 6 heteroatoms. The van der Waals surface area contributed by atoms with Gasteiger partial charge in [-0.2, -0.15) is 0 Å². The lowest BCUT2D eigenvalue weighted by Crippen LogP contribution is -2.49. The van der Waals surface area contributed by atoms with E-state index in [1.54, 1.807) is 18.2 Å². The summed E-state index contributed by atoms with van der Waals surface area (Å²) in [5.41, 5.74) is 0.695.